The number of amides is 2. The molecule has 1 saturated heterocycles. The Kier molecular flexibility index (Phi) is 4.29. The zero-order valence-electron chi connectivity index (χ0n) is 13.2. The van der Waals surface area contributed by atoms with Crippen LogP contribution in [-0.4, -0.2) is 60.8 Å². The van der Waals surface area contributed by atoms with Gasteiger partial charge >= 0.3 is 0 Å². The second kappa shape index (κ2) is 6.37. The van der Waals surface area contributed by atoms with Crippen molar-refractivity contribution in [3.8, 4) is 0 Å². The van der Waals surface area contributed by atoms with E-state index in [-0.39, 0.29) is 23.7 Å². The minimum absolute atomic E-state index is 0.00546. The van der Waals surface area contributed by atoms with Crippen molar-refractivity contribution in [1.29, 1.82) is 0 Å². The molecule has 0 aliphatic carbocycles. The molecule has 2 unspecified atom stereocenters. The van der Waals surface area contributed by atoms with Crippen molar-refractivity contribution in [3.63, 3.8) is 0 Å². The van der Waals surface area contributed by atoms with Crippen LogP contribution in [0.2, 0.25) is 0 Å². The van der Waals surface area contributed by atoms with E-state index < -0.39 is 0 Å². The molecule has 0 bridgehead atoms. The van der Waals surface area contributed by atoms with Crippen molar-refractivity contribution in [2.45, 2.75) is 0 Å². The highest BCUT2D eigenvalue weighted by Crippen LogP contribution is 2.26. The number of hydrogen-bond acceptors (Lipinski definition) is 4. The third-order valence-electron chi connectivity index (χ3n) is 4.37. The summed E-state index contributed by atoms with van der Waals surface area (Å²) in [4.78, 5) is 26.5. The number of fused-ring (bicyclic) bond motifs is 1. The lowest BCUT2D eigenvalue weighted by atomic mass is 9.96. The average Bonchev–Trinajstić information content (AvgIpc) is 3.18. The Morgan fingerprint density at radius 3 is 2.91 bits per heavy atom. The fourth-order valence-electron chi connectivity index (χ4n) is 3.18. The van der Waals surface area contributed by atoms with Crippen molar-refractivity contribution in [1.82, 2.24) is 20.4 Å². The average molecular weight is 316 g/mol. The van der Waals surface area contributed by atoms with Crippen LogP contribution < -0.4 is 5.32 Å². The first-order chi connectivity index (χ1) is 11.2. The van der Waals surface area contributed by atoms with Crippen molar-refractivity contribution in [2.75, 3.05) is 33.9 Å². The maximum atomic E-state index is 12.8. The lowest BCUT2D eigenvalue weighted by molar-refractivity contribution is -0.125. The first kappa shape index (κ1) is 15.5. The number of nitrogens with one attached hydrogen (secondary N) is 2. The van der Waals surface area contributed by atoms with Gasteiger partial charge in [0.2, 0.25) is 5.91 Å². The van der Waals surface area contributed by atoms with Crippen LogP contribution in [0, 0.1) is 11.8 Å². The van der Waals surface area contributed by atoms with E-state index in [1.807, 2.05) is 24.3 Å². The molecule has 7 nitrogen and oxygen atoms in total. The number of H-pyrrole nitrogens is 1. The molecule has 2 N–H and O–H groups in total. The SMILES string of the molecule is CNC(=O)C1CN(C(=O)c2n[nH]c3ccccc23)CC1COC. The summed E-state index contributed by atoms with van der Waals surface area (Å²) in [5, 5.41) is 10.5. The first-order valence-electron chi connectivity index (χ1n) is 7.58. The highest BCUT2D eigenvalue weighted by Gasteiger charge is 2.40. The number of hydrogen-bond donors (Lipinski definition) is 2. The van der Waals surface area contributed by atoms with E-state index in [1.165, 1.54) is 0 Å². The van der Waals surface area contributed by atoms with E-state index >= 15 is 0 Å². The molecule has 3 rings (SSSR count). The normalized spacial score (nSPS) is 20.9. The molecule has 23 heavy (non-hydrogen) atoms. The van der Waals surface area contributed by atoms with Gasteiger partial charge < -0.3 is 15.0 Å². The van der Waals surface area contributed by atoms with E-state index in [0.717, 1.165) is 10.9 Å². The summed E-state index contributed by atoms with van der Waals surface area (Å²) in [6, 6.07) is 7.51. The minimum atomic E-state index is -0.255. The highest BCUT2D eigenvalue weighted by atomic mass is 16.5. The number of methoxy groups -OCH3 is 1. The van der Waals surface area contributed by atoms with Crippen molar-refractivity contribution < 1.29 is 14.3 Å². The number of carbonyl (C=O) groups is 2. The molecule has 0 saturated carbocycles. The number of carbonyl (C=O) groups excluding carboxylic acids is 2. The summed E-state index contributed by atoms with van der Waals surface area (Å²) in [6.45, 7) is 1.32. The van der Waals surface area contributed by atoms with Crippen LogP contribution in [-0.2, 0) is 9.53 Å². The quantitative estimate of drug-likeness (QED) is 0.867. The van der Waals surface area contributed by atoms with Crippen LogP contribution in [0.1, 0.15) is 10.5 Å². The molecule has 2 aromatic rings. The molecule has 0 radical (unpaired) electrons. The van der Waals surface area contributed by atoms with Crippen molar-refractivity contribution >= 4 is 22.7 Å². The molecule has 7 heteroatoms. The minimum Gasteiger partial charge on any atom is -0.384 e. The van der Waals surface area contributed by atoms with Gasteiger partial charge in [0, 0.05) is 38.6 Å². The topological polar surface area (TPSA) is 87.3 Å². The van der Waals surface area contributed by atoms with Gasteiger partial charge in [-0.05, 0) is 6.07 Å². The Morgan fingerprint density at radius 2 is 2.17 bits per heavy atom. The number of benzene rings is 1. The Labute approximate surface area is 134 Å². The van der Waals surface area contributed by atoms with Crippen LogP contribution in [0.4, 0.5) is 0 Å². The zero-order chi connectivity index (χ0) is 16.4. The molecule has 1 aliphatic heterocycles. The number of para-hydroxylation sites is 1. The van der Waals surface area contributed by atoms with Gasteiger partial charge in [0.15, 0.2) is 5.69 Å². The summed E-state index contributed by atoms with van der Waals surface area (Å²) in [7, 11) is 3.21. The first-order valence-corrected chi connectivity index (χ1v) is 7.58. The maximum absolute atomic E-state index is 12.8. The van der Waals surface area contributed by atoms with Crippen molar-refractivity contribution in [3.05, 3.63) is 30.0 Å². The van der Waals surface area contributed by atoms with E-state index in [9.17, 15) is 9.59 Å². The predicted molar refractivity (Wildman–Crippen MR) is 84.9 cm³/mol. The van der Waals surface area contributed by atoms with Crippen molar-refractivity contribution in [2.24, 2.45) is 11.8 Å². The molecule has 1 fully saturated rings. The maximum Gasteiger partial charge on any atom is 0.275 e. The van der Waals surface area contributed by atoms with Gasteiger partial charge in [-0.1, -0.05) is 18.2 Å². The van der Waals surface area contributed by atoms with Gasteiger partial charge in [-0.2, -0.15) is 5.10 Å². The molecule has 122 valence electrons. The van der Waals surface area contributed by atoms with Crippen LogP contribution in [0.25, 0.3) is 10.9 Å². The lowest BCUT2D eigenvalue weighted by Gasteiger charge is -2.14. The largest absolute Gasteiger partial charge is 0.384 e. The van der Waals surface area contributed by atoms with E-state index in [4.69, 9.17) is 4.74 Å². The van der Waals surface area contributed by atoms with Crippen LogP contribution in [0.15, 0.2) is 24.3 Å². The second-order valence-corrected chi connectivity index (χ2v) is 5.76. The standard InChI is InChI=1S/C16H20N4O3/c1-17-15(21)12-8-20(7-10(12)9-23-2)16(22)14-11-5-3-4-6-13(11)18-19-14/h3-6,10,12H,7-9H2,1-2H3,(H,17,21)(H,18,19). The van der Waals surface area contributed by atoms with E-state index in [2.05, 4.69) is 15.5 Å². The summed E-state index contributed by atoms with van der Waals surface area (Å²) >= 11 is 0. The molecule has 2 atom stereocenters. The van der Waals surface area contributed by atoms with Gasteiger partial charge in [-0.25, -0.2) is 0 Å². The van der Waals surface area contributed by atoms with Crippen LogP contribution in [0.5, 0.6) is 0 Å². The van der Waals surface area contributed by atoms with Crippen LogP contribution in [0.3, 0.4) is 0 Å². The van der Waals surface area contributed by atoms with Gasteiger partial charge in [0.25, 0.3) is 5.91 Å². The highest BCUT2D eigenvalue weighted by molar-refractivity contribution is 6.04. The summed E-state index contributed by atoms with van der Waals surface area (Å²) in [6.07, 6.45) is 0. The third-order valence-corrected chi connectivity index (χ3v) is 4.37. The van der Waals surface area contributed by atoms with Crippen LogP contribution >= 0.6 is 0 Å². The van der Waals surface area contributed by atoms with E-state index in [1.54, 1.807) is 19.1 Å². The zero-order valence-corrected chi connectivity index (χ0v) is 13.2. The fraction of sp³-hybridized carbons (Fsp3) is 0.438. The Bertz CT molecular complexity index is 727. The summed E-state index contributed by atoms with van der Waals surface area (Å²) in [5.41, 5.74) is 1.22. The monoisotopic (exact) mass is 316 g/mol. The number of aromatic nitrogens is 2. The molecule has 1 aromatic heterocycles. The lowest BCUT2D eigenvalue weighted by Crippen LogP contribution is -2.34. The second-order valence-electron chi connectivity index (χ2n) is 5.76. The fourth-order valence-corrected chi connectivity index (χ4v) is 3.18. The number of nitrogens with zero attached hydrogens (tertiary/aromatic N) is 2. The number of aromatic amines is 1. The summed E-state index contributed by atoms with van der Waals surface area (Å²) < 4.78 is 5.20. The number of rotatable bonds is 4. The molecule has 0 spiro atoms. The molecule has 2 amide bonds. The summed E-state index contributed by atoms with van der Waals surface area (Å²) in [5.74, 6) is -0.479. The van der Waals surface area contributed by atoms with E-state index in [0.29, 0.717) is 25.4 Å². The smallest absolute Gasteiger partial charge is 0.275 e. The third kappa shape index (κ3) is 2.79. The number of ether oxygens (including phenoxy) is 1. The number of likely N-dealkylation sites (tertiary alicyclic amines) is 1. The molecule has 2 heterocycles. The van der Waals surface area contributed by atoms with Gasteiger partial charge in [0.1, 0.15) is 0 Å². The Morgan fingerprint density at radius 1 is 1.39 bits per heavy atom. The molecule has 1 aliphatic rings. The molecular weight excluding hydrogens is 296 g/mol. The van der Waals surface area contributed by atoms with Gasteiger partial charge in [-0.15, -0.1) is 0 Å². The molecule has 1 aromatic carbocycles. The molecular formula is C16H20N4O3. The predicted octanol–water partition coefficient (Wildman–Crippen LogP) is 0.643. The Hall–Kier alpha value is -2.41. The van der Waals surface area contributed by atoms with Gasteiger partial charge in [0.05, 0.1) is 18.0 Å². The van der Waals surface area contributed by atoms with Gasteiger partial charge in [-0.3, -0.25) is 14.7 Å². The Balaban J connectivity index is 1.84.